The lowest BCUT2D eigenvalue weighted by Gasteiger charge is -2.48. The second kappa shape index (κ2) is 17.4. The zero-order valence-corrected chi connectivity index (χ0v) is 31.4. The first-order valence-corrected chi connectivity index (χ1v) is 18.8. The molecule has 1 saturated heterocycles. The van der Waals surface area contributed by atoms with E-state index in [1.807, 2.05) is 24.3 Å². The molecule has 0 amide bonds. The Hall–Kier alpha value is -4.18. The molecular formula is C39H52O11Si. The Morgan fingerprint density at radius 1 is 0.843 bits per heavy atom. The molecule has 2 aromatic rings. The van der Waals surface area contributed by atoms with E-state index >= 15 is 0 Å². The average Bonchev–Trinajstić information content (AvgIpc) is 3.16. The fraction of sp³-hybridized carbons (Fsp3) is 0.538. The number of aliphatic hydroxyl groups is 1. The molecule has 3 rings (SSSR count). The molecule has 1 fully saturated rings. The van der Waals surface area contributed by atoms with Gasteiger partial charge < -0.3 is 33.5 Å². The second-order valence-electron chi connectivity index (χ2n) is 13.4. The number of ether oxygens (including phenoxy) is 6. The van der Waals surface area contributed by atoms with Gasteiger partial charge in [-0.2, -0.15) is 0 Å². The van der Waals surface area contributed by atoms with E-state index in [0.29, 0.717) is 27.9 Å². The minimum absolute atomic E-state index is 0.0417. The van der Waals surface area contributed by atoms with Gasteiger partial charge in [0, 0.05) is 50.6 Å². The van der Waals surface area contributed by atoms with Crippen LogP contribution >= 0.6 is 0 Å². The van der Waals surface area contributed by atoms with Crippen LogP contribution in [0.2, 0.25) is 16.6 Å². The molecule has 0 saturated carbocycles. The summed E-state index contributed by atoms with van der Waals surface area (Å²) >= 11 is 0. The van der Waals surface area contributed by atoms with Crippen molar-refractivity contribution >= 4 is 32.0 Å². The molecular weight excluding hydrogens is 673 g/mol. The van der Waals surface area contributed by atoms with Crippen LogP contribution in [0.5, 0.6) is 5.75 Å². The largest absolute Gasteiger partial charge is 0.496 e. The zero-order chi connectivity index (χ0) is 41.1. The second-order valence-corrected chi connectivity index (χ2v) is 19.0. The van der Waals surface area contributed by atoms with Crippen molar-refractivity contribution in [1.82, 2.24) is 0 Å². The molecule has 12 heteroatoms. The fourth-order valence-corrected chi connectivity index (χ4v) is 12.3. The summed E-state index contributed by atoms with van der Waals surface area (Å²) in [5.74, 6) is -3.30. The average molecular weight is 729 g/mol. The van der Waals surface area contributed by atoms with Gasteiger partial charge in [-0.15, -0.1) is 5.54 Å². The topological polar surface area (TPSA) is 144 Å². The van der Waals surface area contributed by atoms with E-state index in [9.17, 15) is 24.3 Å². The SMILES string of the molecule is [2H]CC(=O)OC[C@H]1OC(O)(c2ccc(OC)c(Cc3ccc(C#C[Si](C(C)C)(C(C)C)C(C)C)cc3)c2)[C@H](OC(=O)C[2H])[C@@H](OC(=O)C[2H])[C@@H]1OC(=O)C[2H]. The summed E-state index contributed by atoms with van der Waals surface area (Å²) < 4.78 is 63.0. The highest BCUT2D eigenvalue weighted by atomic mass is 28.3. The van der Waals surface area contributed by atoms with Gasteiger partial charge in [-0.3, -0.25) is 19.2 Å². The summed E-state index contributed by atoms with van der Waals surface area (Å²) in [6.45, 7) is 9.32. The number of esters is 4. The van der Waals surface area contributed by atoms with Gasteiger partial charge in [-0.05, 0) is 58.1 Å². The molecule has 1 unspecified atom stereocenters. The van der Waals surface area contributed by atoms with Gasteiger partial charge in [0.15, 0.2) is 12.2 Å². The molecule has 0 bridgehead atoms. The van der Waals surface area contributed by atoms with Crippen LogP contribution in [-0.4, -0.2) is 75.2 Å². The van der Waals surface area contributed by atoms with Gasteiger partial charge >= 0.3 is 23.9 Å². The van der Waals surface area contributed by atoms with Crippen LogP contribution in [0.3, 0.4) is 0 Å². The highest BCUT2D eigenvalue weighted by molar-refractivity contribution is 6.90. The standard InChI is InChI=1S/C39H52O11Si/c1-23(2)51(24(3)4,25(5)6)19-18-30-12-14-31(15-13-30)20-32-21-33(16-17-34(32)45-11)39(44)38(49-29(10)43)37(48-28(9)42)36(47-27(8)41)35(50-39)22-46-26(7)40/h12-17,21,23-25,35-38,44H,20,22H2,1-11H3/t35-,36-,37+,38-,39?/m1/s1/i7D,8D,9D,10D. The summed E-state index contributed by atoms with van der Waals surface area (Å²) in [5, 5.41) is 12.4. The van der Waals surface area contributed by atoms with Gasteiger partial charge in [0.05, 0.1) is 7.11 Å². The molecule has 1 aliphatic rings. The summed E-state index contributed by atoms with van der Waals surface area (Å²) in [7, 11) is -0.486. The summed E-state index contributed by atoms with van der Waals surface area (Å²) in [4.78, 5) is 49.6. The van der Waals surface area contributed by atoms with Crippen LogP contribution in [0.1, 0.15) is 96.9 Å². The fourth-order valence-electron chi connectivity index (χ4n) is 7.05. The predicted octanol–water partition coefficient (Wildman–Crippen LogP) is 5.76. The molecule has 0 radical (unpaired) electrons. The molecule has 0 aromatic heterocycles. The molecule has 5 atom stereocenters. The van der Waals surface area contributed by atoms with Crippen molar-refractivity contribution in [1.29, 1.82) is 0 Å². The maximum absolute atomic E-state index is 12.6. The first-order valence-electron chi connectivity index (χ1n) is 19.4. The van der Waals surface area contributed by atoms with E-state index < -0.39 is 96.4 Å². The lowest BCUT2D eigenvalue weighted by Crippen LogP contribution is -2.66. The van der Waals surface area contributed by atoms with Crippen molar-refractivity contribution < 1.29 is 58.2 Å². The van der Waals surface area contributed by atoms with E-state index in [4.69, 9.17) is 33.9 Å². The van der Waals surface area contributed by atoms with Gasteiger partial charge in [0.1, 0.15) is 26.5 Å². The first kappa shape index (κ1) is 35.2. The van der Waals surface area contributed by atoms with E-state index in [1.54, 1.807) is 0 Å². The Morgan fingerprint density at radius 2 is 1.41 bits per heavy atom. The Labute approximate surface area is 307 Å². The molecule has 1 N–H and O–H groups in total. The van der Waals surface area contributed by atoms with Crippen LogP contribution < -0.4 is 4.74 Å². The lowest BCUT2D eigenvalue weighted by molar-refractivity contribution is -0.360. The van der Waals surface area contributed by atoms with E-state index in [0.717, 1.165) is 11.1 Å². The van der Waals surface area contributed by atoms with E-state index in [-0.39, 0.29) is 12.0 Å². The predicted molar refractivity (Wildman–Crippen MR) is 192 cm³/mol. The smallest absolute Gasteiger partial charge is 0.303 e. The van der Waals surface area contributed by atoms with Crippen molar-refractivity contribution in [3.63, 3.8) is 0 Å². The molecule has 11 nitrogen and oxygen atoms in total. The molecule has 278 valence electrons. The molecule has 0 aliphatic carbocycles. The van der Waals surface area contributed by atoms with Crippen molar-refractivity contribution in [2.75, 3.05) is 13.7 Å². The van der Waals surface area contributed by atoms with Crippen molar-refractivity contribution in [2.45, 2.75) is 122 Å². The van der Waals surface area contributed by atoms with Crippen molar-refractivity contribution in [3.05, 3.63) is 64.7 Å². The zero-order valence-electron chi connectivity index (χ0n) is 34.4. The lowest BCUT2D eigenvalue weighted by atomic mass is 9.86. The number of hydrogen-bond acceptors (Lipinski definition) is 11. The highest BCUT2D eigenvalue weighted by Gasteiger charge is 2.60. The van der Waals surface area contributed by atoms with Crippen molar-refractivity contribution in [2.24, 2.45) is 0 Å². The molecule has 0 spiro atoms. The third-order valence-corrected chi connectivity index (χ3v) is 15.5. The monoisotopic (exact) mass is 728 g/mol. The van der Waals surface area contributed by atoms with Gasteiger partial charge in [0.2, 0.25) is 11.9 Å². The number of methoxy groups -OCH3 is 1. The summed E-state index contributed by atoms with van der Waals surface area (Å²) in [5.41, 5.74) is 7.41. The van der Waals surface area contributed by atoms with Crippen LogP contribution in [-0.2, 0) is 55.1 Å². The third kappa shape index (κ3) is 9.78. The number of carbonyl (C=O) groups is 4. The molecule has 1 heterocycles. The maximum atomic E-state index is 12.6. The van der Waals surface area contributed by atoms with E-state index in [1.165, 1.54) is 25.3 Å². The normalized spacial score (nSPS) is 22.8. The Kier molecular flexibility index (Phi) is 12.0. The van der Waals surface area contributed by atoms with Crippen LogP contribution in [0, 0.1) is 11.5 Å². The Bertz CT molecular complexity index is 1690. The van der Waals surface area contributed by atoms with Crippen LogP contribution in [0.4, 0.5) is 0 Å². The Morgan fingerprint density at radius 3 is 1.96 bits per heavy atom. The highest BCUT2D eigenvalue weighted by Crippen LogP contribution is 2.43. The van der Waals surface area contributed by atoms with Crippen LogP contribution in [0.15, 0.2) is 42.5 Å². The third-order valence-electron chi connectivity index (χ3n) is 9.24. The van der Waals surface area contributed by atoms with Gasteiger partial charge in [-0.25, -0.2) is 0 Å². The van der Waals surface area contributed by atoms with Gasteiger partial charge in [0.25, 0.3) is 0 Å². The van der Waals surface area contributed by atoms with Crippen molar-refractivity contribution in [3.8, 4) is 17.2 Å². The maximum Gasteiger partial charge on any atom is 0.303 e. The van der Waals surface area contributed by atoms with Gasteiger partial charge in [-0.1, -0.05) is 59.6 Å². The number of rotatable bonds is 12. The number of benzene rings is 2. The van der Waals surface area contributed by atoms with Crippen LogP contribution in [0.25, 0.3) is 0 Å². The minimum Gasteiger partial charge on any atom is -0.496 e. The quantitative estimate of drug-likeness (QED) is 0.123. The molecule has 1 aliphatic heterocycles. The first-order chi connectivity index (χ1) is 26.0. The number of carbonyl (C=O) groups excluding carboxylic acids is 4. The molecule has 2 aromatic carbocycles. The summed E-state index contributed by atoms with van der Waals surface area (Å²) in [6, 6.07) is 12.2. The minimum atomic E-state index is -2.71. The number of hydrogen-bond donors (Lipinski definition) is 1. The summed E-state index contributed by atoms with van der Waals surface area (Å²) in [6.07, 6.45) is -6.92. The van der Waals surface area contributed by atoms with E-state index in [2.05, 4.69) is 53.0 Å². The Balaban J connectivity index is 2.14. The molecule has 51 heavy (non-hydrogen) atoms.